The molecule has 31 heavy (non-hydrogen) atoms. The number of pyridine rings is 1. The van der Waals surface area contributed by atoms with E-state index in [0.29, 0.717) is 11.3 Å². The van der Waals surface area contributed by atoms with Gasteiger partial charge in [-0.15, -0.1) is 0 Å². The highest BCUT2D eigenvalue weighted by Crippen LogP contribution is 2.27. The van der Waals surface area contributed by atoms with E-state index in [1.165, 1.54) is 30.6 Å². The van der Waals surface area contributed by atoms with Gasteiger partial charge in [0.05, 0.1) is 12.8 Å². The minimum absolute atomic E-state index is 0.123. The van der Waals surface area contributed by atoms with Gasteiger partial charge in [0, 0.05) is 35.5 Å². The zero-order valence-electron chi connectivity index (χ0n) is 17.2. The van der Waals surface area contributed by atoms with Crippen molar-refractivity contribution in [1.82, 2.24) is 14.9 Å². The van der Waals surface area contributed by atoms with Crippen LogP contribution in [0.1, 0.15) is 17.0 Å². The van der Waals surface area contributed by atoms with Crippen molar-refractivity contribution in [3.8, 4) is 11.4 Å². The number of ether oxygens (including phenoxy) is 1. The summed E-state index contributed by atoms with van der Waals surface area (Å²) >= 11 is 0. The number of rotatable bonds is 4. The standard InChI is InChI=1S/C23H20N4O4/c1-14-11-16(15(2)26(14)18-5-4-6-19(13-18)31-3)12-20-21(28)25-23(30)27(22(20)29)17-7-9-24-10-8-17/h4-13H,1-3H3,(H,25,28,30)/b20-12-. The second-order valence-corrected chi connectivity index (χ2v) is 7.03. The second-order valence-electron chi connectivity index (χ2n) is 7.03. The third-order valence-electron chi connectivity index (χ3n) is 5.10. The van der Waals surface area contributed by atoms with Crippen molar-refractivity contribution in [2.75, 3.05) is 12.0 Å². The normalized spacial score (nSPS) is 15.4. The number of carbonyl (C=O) groups is 3. The summed E-state index contributed by atoms with van der Waals surface area (Å²) in [6, 6.07) is 11.7. The van der Waals surface area contributed by atoms with Crippen molar-refractivity contribution in [3.05, 3.63) is 77.4 Å². The zero-order valence-corrected chi connectivity index (χ0v) is 17.2. The molecule has 1 aromatic carbocycles. The highest BCUT2D eigenvalue weighted by molar-refractivity contribution is 6.39. The van der Waals surface area contributed by atoms with Crippen LogP contribution in [0.15, 0.2) is 60.4 Å². The van der Waals surface area contributed by atoms with E-state index >= 15 is 0 Å². The Morgan fingerprint density at radius 3 is 2.45 bits per heavy atom. The number of imide groups is 2. The molecular weight excluding hydrogens is 396 g/mol. The van der Waals surface area contributed by atoms with Gasteiger partial charge in [0.1, 0.15) is 11.3 Å². The molecule has 8 heteroatoms. The maximum atomic E-state index is 13.0. The number of amides is 4. The van der Waals surface area contributed by atoms with Crippen LogP contribution < -0.4 is 15.0 Å². The van der Waals surface area contributed by atoms with Crippen molar-refractivity contribution in [3.63, 3.8) is 0 Å². The second kappa shape index (κ2) is 7.91. The van der Waals surface area contributed by atoms with E-state index in [4.69, 9.17) is 4.74 Å². The van der Waals surface area contributed by atoms with E-state index in [-0.39, 0.29) is 5.57 Å². The van der Waals surface area contributed by atoms with Gasteiger partial charge in [-0.3, -0.25) is 19.9 Å². The van der Waals surface area contributed by atoms with E-state index in [2.05, 4.69) is 10.3 Å². The molecule has 1 aliphatic heterocycles. The summed E-state index contributed by atoms with van der Waals surface area (Å²) in [7, 11) is 1.60. The number of aromatic nitrogens is 2. The van der Waals surface area contributed by atoms with Crippen molar-refractivity contribution >= 4 is 29.6 Å². The topological polar surface area (TPSA) is 93.5 Å². The molecule has 8 nitrogen and oxygen atoms in total. The number of hydrogen-bond donors (Lipinski definition) is 1. The molecule has 2 aromatic heterocycles. The lowest BCUT2D eigenvalue weighted by Gasteiger charge is -2.26. The first-order valence-electron chi connectivity index (χ1n) is 9.55. The Morgan fingerprint density at radius 2 is 1.74 bits per heavy atom. The van der Waals surface area contributed by atoms with Crippen LogP contribution in [0.5, 0.6) is 5.75 Å². The van der Waals surface area contributed by atoms with Crippen LogP contribution in [0, 0.1) is 13.8 Å². The predicted octanol–water partition coefficient (Wildman–Crippen LogP) is 3.16. The fourth-order valence-corrected chi connectivity index (χ4v) is 3.62. The van der Waals surface area contributed by atoms with Gasteiger partial charge in [0.15, 0.2) is 0 Å². The fraction of sp³-hybridized carbons (Fsp3) is 0.130. The lowest BCUT2D eigenvalue weighted by Crippen LogP contribution is -2.54. The molecule has 1 saturated heterocycles. The Labute approximate surface area is 178 Å². The van der Waals surface area contributed by atoms with Gasteiger partial charge in [-0.05, 0) is 55.8 Å². The van der Waals surface area contributed by atoms with Gasteiger partial charge < -0.3 is 9.30 Å². The summed E-state index contributed by atoms with van der Waals surface area (Å²) in [5, 5.41) is 2.23. The van der Waals surface area contributed by atoms with Crippen LogP contribution in [-0.2, 0) is 9.59 Å². The maximum Gasteiger partial charge on any atom is 0.335 e. The van der Waals surface area contributed by atoms with Crippen LogP contribution in [0.25, 0.3) is 11.8 Å². The highest BCUT2D eigenvalue weighted by atomic mass is 16.5. The molecule has 0 atom stereocenters. The monoisotopic (exact) mass is 416 g/mol. The van der Waals surface area contributed by atoms with Crippen LogP contribution in [0.4, 0.5) is 10.5 Å². The predicted molar refractivity (Wildman–Crippen MR) is 115 cm³/mol. The zero-order chi connectivity index (χ0) is 22.1. The van der Waals surface area contributed by atoms with Crippen molar-refractivity contribution in [1.29, 1.82) is 0 Å². The smallest absolute Gasteiger partial charge is 0.335 e. The van der Waals surface area contributed by atoms with E-state index < -0.39 is 17.8 Å². The number of methoxy groups -OCH3 is 1. The van der Waals surface area contributed by atoms with Crippen molar-refractivity contribution in [2.24, 2.45) is 0 Å². The Kier molecular flexibility index (Phi) is 5.12. The van der Waals surface area contributed by atoms with E-state index in [9.17, 15) is 14.4 Å². The van der Waals surface area contributed by atoms with Gasteiger partial charge >= 0.3 is 6.03 Å². The van der Waals surface area contributed by atoms with Crippen LogP contribution in [-0.4, -0.2) is 34.5 Å². The third-order valence-corrected chi connectivity index (χ3v) is 5.10. The number of urea groups is 1. The molecule has 156 valence electrons. The van der Waals surface area contributed by atoms with Gasteiger partial charge in [-0.2, -0.15) is 0 Å². The molecule has 1 N–H and O–H groups in total. The molecule has 0 unspecified atom stereocenters. The van der Waals surface area contributed by atoms with Crippen LogP contribution in [0.3, 0.4) is 0 Å². The molecule has 4 rings (SSSR count). The summed E-state index contributed by atoms with van der Waals surface area (Å²) in [6.07, 6.45) is 4.45. The summed E-state index contributed by atoms with van der Waals surface area (Å²) in [4.78, 5) is 42.6. The van der Waals surface area contributed by atoms with E-state index in [1.54, 1.807) is 7.11 Å². The molecule has 0 spiro atoms. The first kappa shape index (κ1) is 20.1. The number of nitrogens with one attached hydrogen (secondary N) is 1. The first-order valence-corrected chi connectivity index (χ1v) is 9.55. The number of anilines is 1. The minimum atomic E-state index is -0.791. The number of hydrogen-bond acceptors (Lipinski definition) is 5. The largest absolute Gasteiger partial charge is 0.497 e. The van der Waals surface area contributed by atoms with Gasteiger partial charge in [0.2, 0.25) is 0 Å². The molecule has 4 amide bonds. The Hall–Kier alpha value is -4.20. The Morgan fingerprint density at radius 1 is 1.00 bits per heavy atom. The lowest BCUT2D eigenvalue weighted by molar-refractivity contribution is -0.122. The fourth-order valence-electron chi connectivity index (χ4n) is 3.62. The molecule has 1 fully saturated rings. The van der Waals surface area contributed by atoms with Gasteiger partial charge in [-0.1, -0.05) is 6.07 Å². The van der Waals surface area contributed by atoms with Crippen LogP contribution >= 0.6 is 0 Å². The number of carbonyl (C=O) groups excluding carboxylic acids is 3. The van der Waals surface area contributed by atoms with Crippen molar-refractivity contribution < 1.29 is 19.1 Å². The summed E-state index contributed by atoms with van der Waals surface area (Å²) < 4.78 is 7.32. The van der Waals surface area contributed by atoms with Crippen LogP contribution in [0.2, 0.25) is 0 Å². The molecule has 0 saturated carbocycles. The molecule has 0 radical (unpaired) electrons. The maximum absolute atomic E-state index is 13.0. The van der Waals surface area contributed by atoms with Gasteiger partial charge in [-0.25, -0.2) is 9.69 Å². The number of benzene rings is 1. The summed E-state index contributed by atoms with van der Waals surface area (Å²) in [6.45, 7) is 3.83. The van der Waals surface area contributed by atoms with Gasteiger partial charge in [0.25, 0.3) is 11.8 Å². The third kappa shape index (κ3) is 3.59. The SMILES string of the molecule is COc1cccc(-n2c(C)cc(/C=C3/C(=O)NC(=O)N(c4ccncc4)C3=O)c2C)c1. The molecular formula is C23H20N4O4. The number of aryl methyl sites for hydroxylation is 1. The summed E-state index contributed by atoms with van der Waals surface area (Å²) in [5.74, 6) is -0.698. The number of barbiturate groups is 1. The average molecular weight is 416 g/mol. The molecule has 0 bridgehead atoms. The van der Waals surface area contributed by atoms with E-state index in [1.807, 2.05) is 48.7 Å². The quantitative estimate of drug-likeness (QED) is 0.521. The van der Waals surface area contributed by atoms with E-state index in [0.717, 1.165) is 27.7 Å². The first-order chi connectivity index (χ1) is 14.9. The molecule has 3 aromatic rings. The Balaban J connectivity index is 1.76. The summed E-state index contributed by atoms with van der Waals surface area (Å²) in [5.41, 5.74) is 3.56. The average Bonchev–Trinajstić information content (AvgIpc) is 3.04. The van der Waals surface area contributed by atoms with Crippen molar-refractivity contribution in [2.45, 2.75) is 13.8 Å². The Bertz CT molecular complexity index is 1230. The molecule has 0 aliphatic carbocycles. The molecule has 3 heterocycles. The highest BCUT2D eigenvalue weighted by Gasteiger charge is 2.37. The number of nitrogens with zero attached hydrogens (tertiary/aromatic N) is 3. The minimum Gasteiger partial charge on any atom is -0.497 e. The molecule has 1 aliphatic rings. The lowest BCUT2D eigenvalue weighted by atomic mass is 10.1.